The van der Waals surface area contributed by atoms with Crippen molar-refractivity contribution in [3.63, 3.8) is 0 Å². The van der Waals surface area contributed by atoms with E-state index in [0.29, 0.717) is 17.4 Å². The van der Waals surface area contributed by atoms with Crippen molar-refractivity contribution in [2.75, 3.05) is 0 Å². The highest BCUT2D eigenvalue weighted by atomic mass is 16.3. The van der Waals surface area contributed by atoms with Gasteiger partial charge in [0.15, 0.2) is 0 Å². The van der Waals surface area contributed by atoms with Crippen molar-refractivity contribution in [1.29, 1.82) is 0 Å². The van der Waals surface area contributed by atoms with Crippen LogP contribution < -0.4 is 0 Å². The van der Waals surface area contributed by atoms with Crippen LogP contribution in [-0.4, -0.2) is 20.1 Å². The summed E-state index contributed by atoms with van der Waals surface area (Å²) in [5.41, 5.74) is 4.56. The van der Waals surface area contributed by atoms with Crippen molar-refractivity contribution in [2.45, 2.75) is 65.2 Å². The Hall–Kier alpha value is -2.36. The summed E-state index contributed by atoms with van der Waals surface area (Å²) in [4.78, 5) is 1.58. The first-order valence-corrected chi connectivity index (χ1v) is 9.78. The first-order valence-electron chi connectivity index (χ1n) is 9.78. The third-order valence-electron chi connectivity index (χ3n) is 4.91. The van der Waals surface area contributed by atoms with Gasteiger partial charge < -0.3 is 5.11 Å². The fourth-order valence-electron chi connectivity index (χ4n) is 3.26. The molecule has 0 atom stereocenters. The molecule has 3 aromatic rings. The molecule has 4 nitrogen and oxygen atoms in total. The van der Waals surface area contributed by atoms with Crippen LogP contribution in [0.1, 0.15) is 69.9 Å². The molecule has 0 aliphatic heterocycles. The molecule has 2 aromatic carbocycles. The van der Waals surface area contributed by atoms with Gasteiger partial charge in [-0.2, -0.15) is 0 Å². The molecule has 0 radical (unpaired) electrons. The molecule has 0 spiro atoms. The van der Waals surface area contributed by atoms with Crippen molar-refractivity contribution in [3.8, 4) is 11.4 Å². The summed E-state index contributed by atoms with van der Waals surface area (Å²) in [5, 5.41) is 20.0. The SMILES string of the molecule is CCCCCCCc1cc(C(C)C)cc(-n2nc3ccccc3n2)c1O. The maximum absolute atomic E-state index is 10.9. The molecule has 0 saturated heterocycles. The Labute approximate surface area is 155 Å². The van der Waals surface area contributed by atoms with E-state index < -0.39 is 0 Å². The van der Waals surface area contributed by atoms with Crippen LogP contribution in [0, 0.1) is 0 Å². The molecule has 4 heteroatoms. The van der Waals surface area contributed by atoms with Gasteiger partial charge in [-0.15, -0.1) is 15.0 Å². The fraction of sp³-hybridized carbons (Fsp3) is 0.455. The second-order valence-corrected chi connectivity index (χ2v) is 7.34. The van der Waals surface area contributed by atoms with E-state index in [1.54, 1.807) is 4.80 Å². The van der Waals surface area contributed by atoms with E-state index >= 15 is 0 Å². The van der Waals surface area contributed by atoms with Crippen molar-refractivity contribution in [1.82, 2.24) is 15.0 Å². The molecule has 26 heavy (non-hydrogen) atoms. The molecular formula is C22H29N3O. The predicted octanol–water partition coefficient (Wildman–Crippen LogP) is 5.76. The number of phenols is 1. The zero-order chi connectivity index (χ0) is 18.5. The quantitative estimate of drug-likeness (QED) is 0.525. The van der Waals surface area contributed by atoms with Gasteiger partial charge in [-0.3, -0.25) is 0 Å². The largest absolute Gasteiger partial charge is 0.505 e. The number of hydrogen-bond acceptors (Lipinski definition) is 3. The lowest BCUT2D eigenvalue weighted by molar-refractivity contribution is 0.458. The van der Waals surface area contributed by atoms with Crippen molar-refractivity contribution in [3.05, 3.63) is 47.5 Å². The summed E-state index contributed by atoms with van der Waals surface area (Å²) in [7, 11) is 0. The van der Waals surface area contributed by atoms with Gasteiger partial charge in [-0.05, 0) is 48.1 Å². The Bertz CT molecular complexity index is 834. The first kappa shape index (κ1) is 18.4. The van der Waals surface area contributed by atoms with Gasteiger partial charge >= 0.3 is 0 Å². The molecule has 1 aromatic heterocycles. The van der Waals surface area contributed by atoms with Gasteiger partial charge in [-0.25, -0.2) is 0 Å². The second-order valence-electron chi connectivity index (χ2n) is 7.34. The Morgan fingerprint density at radius 2 is 1.62 bits per heavy atom. The van der Waals surface area contributed by atoms with E-state index in [0.717, 1.165) is 29.4 Å². The van der Waals surface area contributed by atoms with E-state index in [1.807, 2.05) is 30.3 Å². The lowest BCUT2D eigenvalue weighted by Crippen LogP contribution is -2.03. The van der Waals surface area contributed by atoms with E-state index in [-0.39, 0.29) is 0 Å². The Kier molecular flexibility index (Phi) is 5.92. The Balaban J connectivity index is 1.93. The van der Waals surface area contributed by atoms with Crippen LogP contribution in [0.15, 0.2) is 36.4 Å². The number of aromatic hydroxyl groups is 1. The molecule has 1 heterocycles. The fourth-order valence-corrected chi connectivity index (χ4v) is 3.26. The molecule has 0 bridgehead atoms. The van der Waals surface area contributed by atoms with E-state index in [1.165, 1.54) is 31.2 Å². The highest BCUT2D eigenvalue weighted by molar-refractivity contribution is 5.73. The number of rotatable bonds is 8. The van der Waals surface area contributed by atoms with Crippen LogP contribution >= 0.6 is 0 Å². The molecular weight excluding hydrogens is 322 g/mol. The first-order chi connectivity index (χ1) is 12.6. The number of phenolic OH excluding ortho intramolecular Hbond substituents is 1. The summed E-state index contributed by atoms with van der Waals surface area (Å²) in [6.45, 7) is 6.58. The maximum atomic E-state index is 10.9. The molecule has 3 rings (SSSR count). The number of unbranched alkanes of at least 4 members (excludes halogenated alkanes) is 4. The minimum absolute atomic E-state index is 0.310. The lowest BCUT2D eigenvalue weighted by atomic mass is 9.96. The molecule has 0 aliphatic carbocycles. The number of aromatic nitrogens is 3. The van der Waals surface area contributed by atoms with Crippen LogP contribution in [0.4, 0.5) is 0 Å². The lowest BCUT2D eigenvalue weighted by Gasteiger charge is -2.14. The van der Waals surface area contributed by atoms with Crippen LogP contribution in [-0.2, 0) is 6.42 Å². The molecule has 138 valence electrons. The van der Waals surface area contributed by atoms with Crippen LogP contribution in [0.3, 0.4) is 0 Å². The average Bonchev–Trinajstić information content (AvgIpc) is 3.06. The topological polar surface area (TPSA) is 50.9 Å². The zero-order valence-electron chi connectivity index (χ0n) is 16.1. The van der Waals surface area contributed by atoms with Gasteiger partial charge in [0.25, 0.3) is 0 Å². The average molecular weight is 351 g/mol. The van der Waals surface area contributed by atoms with Crippen molar-refractivity contribution >= 4 is 11.0 Å². The normalized spacial score (nSPS) is 11.5. The number of fused-ring (bicyclic) bond motifs is 1. The Morgan fingerprint density at radius 3 is 2.23 bits per heavy atom. The summed E-state index contributed by atoms with van der Waals surface area (Å²) in [5.74, 6) is 0.698. The van der Waals surface area contributed by atoms with Gasteiger partial charge in [0, 0.05) is 0 Å². The van der Waals surface area contributed by atoms with Crippen LogP contribution in [0.5, 0.6) is 5.75 Å². The summed E-state index contributed by atoms with van der Waals surface area (Å²) in [6.07, 6.45) is 7.00. The number of aryl methyl sites for hydroxylation is 1. The molecule has 0 aliphatic rings. The van der Waals surface area contributed by atoms with Gasteiger partial charge in [0.05, 0.1) is 0 Å². The molecule has 1 N–H and O–H groups in total. The third kappa shape index (κ3) is 4.06. The summed E-state index contributed by atoms with van der Waals surface area (Å²) >= 11 is 0. The predicted molar refractivity (Wildman–Crippen MR) is 107 cm³/mol. The monoisotopic (exact) mass is 351 g/mol. The highest BCUT2D eigenvalue weighted by Gasteiger charge is 2.15. The third-order valence-corrected chi connectivity index (χ3v) is 4.91. The molecule has 0 unspecified atom stereocenters. The van der Waals surface area contributed by atoms with Gasteiger partial charge in [0.1, 0.15) is 22.5 Å². The van der Waals surface area contributed by atoms with Crippen molar-refractivity contribution < 1.29 is 5.11 Å². The summed E-state index contributed by atoms with van der Waals surface area (Å²) in [6, 6.07) is 11.9. The van der Waals surface area contributed by atoms with E-state index in [2.05, 4.69) is 37.0 Å². The van der Waals surface area contributed by atoms with E-state index in [4.69, 9.17) is 0 Å². The van der Waals surface area contributed by atoms with Gasteiger partial charge in [0.2, 0.25) is 0 Å². The van der Waals surface area contributed by atoms with Crippen LogP contribution in [0.2, 0.25) is 0 Å². The second kappa shape index (κ2) is 8.35. The van der Waals surface area contributed by atoms with Gasteiger partial charge in [-0.1, -0.05) is 64.7 Å². The standard InChI is InChI=1S/C22H29N3O/c1-4-5-6-7-8-11-17-14-18(16(2)3)15-21(22(17)26)25-23-19-12-9-10-13-20(19)24-25/h9-10,12-16,26H,4-8,11H2,1-3H3. The van der Waals surface area contributed by atoms with Crippen LogP contribution in [0.25, 0.3) is 16.7 Å². The van der Waals surface area contributed by atoms with E-state index in [9.17, 15) is 5.11 Å². The maximum Gasteiger partial charge on any atom is 0.146 e. The number of benzene rings is 2. The Morgan fingerprint density at radius 1 is 0.962 bits per heavy atom. The number of hydrogen-bond donors (Lipinski definition) is 1. The molecule has 0 saturated carbocycles. The van der Waals surface area contributed by atoms with Crippen molar-refractivity contribution in [2.24, 2.45) is 0 Å². The molecule has 0 amide bonds. The minimum Gasteiger partial charge on any atom is -0.505 e. The zero-order valence-corrected chi connectivity index (χ0v) is 16.1. The summed E-state index contributed by atoms with van der Waals surface area (Å²) < 4.78 is 0. The smallest absolute Gasteiger partial charge is 0.146 e. The minimum atomic E-state index is 0.310. The molecule has 0 fully saturated rings. The highest BCUT2D eigenvalue weighted by Crippen LogP contribution is 2.32. The number of nitrogens with zero attached hydrogens (tertiary/aromatic N) is 3.